The number of aromatic nitrogens is 5. The van der Waals surface area contributed by atoms with E-state index in [-0.39, 0.29) is 23.8 Å². The quantitative estimate of drug-likeness (QED) is 0.345. The lowest BCUT2D eigenvalue weighted by atomic mass is 9.90. The number of ether oxygens (including phenoxy) is 2. The van der Waals surface area contributed by atoms with E-state index in [2.05, 4.69) is 39.6 Å². The zero-order valence-corrected chi connectivity index (χ0v) is 22.2. The number of rotatable bonds is 10. The molecular formula is C24H32N6O3S2. The highest BCUT2D eigenvalue weighted by Crippen LogP contribution is 2.35. The normalized spacial score (nSPS) is 15.2. The summed E-state index contributed by atoms with van der Waals surface area (Å²) in [6, 6.07) is 7.53. The fourth-order valence-electron chi connectivity index (χ4n) is 4.15. The topological polar surface area (TPSA) is 104 Å². The number of benzene rings is 1. The van der Waals surface area contributed by atoms with Crippen LogP contribution in [-0.2, 0) is 4.79 Å². The summed E-state index contributed by atoms with van der Waals surface area (Å²) in [4.78, 5) is 12.6. The van der Waals surface area contributed by atoms with Gasteiger partial charge in [0.1, 0.15) is 16.5 Å². The predicted octanol–water partition coefficient (Wildman–Crippen LogP) is 5.64. The summed E-state index contributed by atoms with van der Waals surface area (Å²) < 4.78 is 13.3. The summed E-state index contributed by atoms with van der Waals surface area (Å²) in [7, 11) is 1.63. The van der Waals surface area contributed by atoms with Crippen molar-refractivity contribution in [2.75, 3.05) is 18.2 Å². The highest BCUT2D eigenvalue weighted by molar-refractivity contribution is 7.99. The maximum Gasteiger partial charge on any atom is 0.236 e. The van der Waals surface area contributed by atoms with Crippen molar-refractivity contribution in [2.24, 2.45) is 0 Å². The van der Waals surface area contributed by atoms with Crippen LogP contribution in [-0.4, -0.2) is 43.7 Å². The van der Waals surface area contributed by atoms with E-state index in [1.807, 2.05) is 35.8 Å². The van der Waals surface area contributed by atoms with Gasteiger partial charge in [0.05, 0.1) is 12.9 Å². The standard InChI is InChI=1S/C24H32N6O3S2/c1-15(2)30-21(16(3)33-19-12-10-18(32-4)11-13-19)26-29-24(30)34-14-20(31)25-23-28-27-22(35-23)17-8-6-5-7-9-17/h10-13,15-17H,5-9,14H2,1-4H3,(H,25,28,31). The summed E-state index contributed by atoms with van der Waals surface area (Å²) in [6.07, 6.45) is 5.78. The Hall–Kier alpha value is -2.66. The number of thioether (sulfide) groups is 1. The third kappa shape index (κ3) is 6.52. The van der Waals surface area contributed by atoms with Crippen LogP contribution in [0, 0.1) is 0 Å². The number of methoxy groups -OCH3 is 1. The van der Waals surface area contributed by atoms with Gasteiger partial charge >= 0.3 is 0 Å². The van der Waals surface area contributed by atoms with Crippen LogP contribution in [0.3, 0.4) is 0 Å². The van der Waals surface area contributed by atoms with Crippen LogP contribution >= 0.6 is 23.1 Å². The second-order valence-corrected chi connectivity index (χ2v) is 10.8. The van der Waals surface area contributed by atoms with Crippen LogP contribution in [0.15, 0.2) is 29.4 Å². The molecule has 1 atom stereocenters. The first-order valence-electron chi connectivity index (χ1n) is 12.0. The molecule has 0 radical (unpaired) electrons. The number of hydrogen-bond acceptors (Lipinski definition) is 9. The Balaban J connectivity index is 1.35. The molecule has 1 N–H and O–H groups in total. The lowest BCUT2D eigenvalue weighted by Gasteiger charge is -2.19. The average molecular weight is 517 g/mol. The SMILES string of the molecule is COc1ccc(OC(C)c2nnc(SCC(=O)Nc3nnc(C4CCCCC4)s3)n2C(C)C)cc1. The zero-order chi connectivity index (χ0) is 24.8. The minimum Gasteiger partial charge on any atom is -0.497 e. The molecule has 1 unspecified atom stereocenters. The summed E-state index contributed by atoms with van der Waals surface area (Å²) in [5, 5.41) is 22.4. The molecule has 0 spiro atoms. The summed E-state index contributed by atoms with van der Waals surface area (Å²) in [5.41, 5.74) is 0. The minimum atomic E-state index is -0.318. The number of nitrogens with one attached hydrogen (secondary N) is 1. The molecule has 1 amide bonds. The molecule has 2 aromatic heterocycles. The van der Waals surface area contributed by atoms with Gasteiger partial charge in [0, 0.05) is 12.0 Å². The van der Waals surface area contributed by atoms with Gasteiger partial charge in [-0.05, 0) is 57.9 Å². The lowest BCUT2D eigenvalue weighted by Crippen LogP contribution is -2.16. The van der Waals surface area contributed by atoms with Crippen molar-refractivity contribution in [1.82, 2.24) is 25.0 Å². The highest BCUT2D eigenvalue weighted by Gasteiger charge is 2.23. The van der Waals surface area contributed by atoms with Crippen LogP contribution in [0.25, 0.3) is 0 Å². The molecular weight excluding hydrogens is 484 g/mol. The molecule has 0 saturated heterocycles. The molecule has 2 heterocycles. The first-order valence-corrected chi connectivity index (χ1v) is 13.8. The van der Waals surface area contributed by atoms with E-state index in [1.54, 1.807) is 7.11 Å². The Kier molecular flexibility index (Phi) is 8.61. The Labute approximate surface area is 214 Å². The van der Waals surface area contributed by atoms with Crippen LogP contribution in [0.4, 0.5) is 5.13 Å². The maximum absolute atomic E-state index is 12.6. The van der Waals surface area contributed by atoms with Gasteiger partial charge in [-0.3, -0.25) is 10.1 Å². The lowest BCUT2D eigenvalue weighted by molar-refractivity contribution is -0.113. The van der Waals surface area contributed by atoms with Crippen molar-refractivity contribution in [2.45, 2.75) is 76.1 Å². The Morgan fingerprint density at radius 2 is 1.80 bits per heavy atom. The molecule has 1 saturated carbocycles. The van der Waals surface area contributed by atoms with E-state index in [0.29, 0.717) is 22.0 Å². The zero-order valence-electron chi connectivity index (χ0n) is 20.6. The van der Waals surface area contributed by atoms with E-state index >= 15 is 0 Å². The van der Waals surface area contributed by atoms with Gasteiger partial charge in [-0.1, -0.05) is 42.4 Å². The summed E-state index contributed by atoms with van der Waals surface area (Å²) in [5.74, 6) is 2.74. The van der Waals surface area contributed by atoms with Crippen molar-refractivity contribution in [3.63, 3.8) is 0 Å². The molecule has 1 aliphatic rings. The van der Waals surface area contributed by atoms with Crippen molar-refractivity contribution in [1.29, 1.82) is 0 Å². The van der Waals surface area contributed by atoms with Crippen molar-refractivity contribution < 1.29 is 14.3 Å². The second-order valence-electron chi connectivity index (χ2n) is 8.86. The van der Waals surface area contributed by atoms with Gasteiger partial charge in [-0.15, -0.1) is 20.4 Å². The van der Waals surface area contributed by atoms with E-state index in [4.69, 9.17) is 9.47 Å². The first kappa shape index (κ1) is 25.4. The van der Waals surface area contributed by atoms with Gasteiger partial charge in [0.15, 0.2) is 17.1 Å². The molecule has 35 heavy (non-hydrogen) atoms. The molecule has 1 aliphatic carbocycles. The minimum absolute atomic E-state index is 0.105. The number of anilines is 1. The van der Waals surface area contributed by atoms with Gasteiger partial charge in [-0.2, -0.15) is 0 Å². The molecule has 11 heteroatoms. The highest BCUT2D eigenvalue weighted by atomic mass is 32.2. The van der Waals surface area contributed by atoms with Crippen LogP contribution < -0.4 is 14.8 Å². The average Bonchev–Trinajstić information content (AvgIpc) is 3.51. The predicted molar refractivity (Wildman–Crippen MR) is 138 cm³/mol. The first-order chi connectivity index (χ1) is 16.9. The number of carbonyl (C=O) groups excluding carboxylic acids is 1. The van der Waals surface area contributed by atoms with E-state index in [9.17, 15) is 4.79 Å². The molecule has 1 fully saturated rings. The molecule has 3 aromatic rings. The van der Waals surface area contributed by atoms with Crippen LogP contribution in [0.1, 0.15) is 81.8 Å². The largest absolute Gasteiger partial charge is 0.497 e. The fourth-order valence-corrected chi connectivity index (χ4v) is 5.95. The Bertz CT molecular complexity index is 1110. The molecule has 188 valence electrons. The van der Waals surface area contributed by atoms with Gasteiger partial charge < -0.3 is 14.0 Å². The van der Waals surface area contributed by atoms with Gasteiger partial charge in [-0.25, -0.2) is 0 Å². The molecule has 0 bridgehead atoms. The Morgan fingerprint density at radius 3 is 2.49 bits per heavy atom. The molecule has 4 rings (SSSR count). The number of carbonyl (C=O) groups is 1. The van der Waals surface area contributed by atoms with E-state index in [1.165, 1.54) is 42.4 Å². The smallest absolute Gasteiger partial charge is 0.236 e. The molecule has 9 nitrogen and oxygen atoms in total. The van der Waals surface area contributed by atoms with Crippen molar-refractivity contribution in [3.8, 4) is 11.5 Å². The Morgan fingerprint density at radius 1 is 1.09 bits per heavy atom. The van der Waals surface area contributed by atoms with Gasteiger partial charge in [0.2, 0.25) is 11.0 Å². The number of amides is 1. The van der Waals surface area contributed by atoms with Gasteiger partial charge in [0.25, 0.3) is 0 Å². The third-order valence-corrected chi connectivity index (χ3v) is 7.86. The monoisotopic (exact) mass is 516 g/mol. The van der Waals surface area contributed by atoms with Crippen molar-refractivity contribution in [3.05, 3.63) is 35.1 Å². The van der Waals surface area contributed by atoms with E-state index in [0.717, 1.165) is 29.3 Å². The number of nitrogens with zero attached hydrogens (tertiary/aromatic N) is 5. The molecule has 0 aliphatic heterocycles. The van der Waals surface area contributed by atoms with Crippen molar-refractivity contribution >= 4 is 34.1 Å². The third-order valence-electron chi connectivity index (χ3n) is 5.92. The summed E-state index contributed by atoms with van der Waals surface area (Å²) >= 11 is 2.84. The van der Waals surface area contributed by atoms with Crippen LogP contribution in [0.2, 0.25) is 0 Å². The second kappa shape index (κ2) is 11.9. The summed E-state index contributed by atoms with van der Waals surface area (Å²) in [6.45, 7) is 6.06. The maximum atomic E-state index is 12.6. The fraction of sp³-hybridized carbons (Fsp3) is 0.542. The van der Waals surface area contributed by atoms with E-state index < -0.39 is 0 Å². The molecule has 1 aromatic carbocycles. The number of hydrogen-bond donors (Lipinski definition) is 1. The van der Waals surface area contributed by atoms with Crippen LogP contribution in [0.5, 0.6) is 11.5 Å².